The van der Waals surface area contributed by atoms with E-state index in [9.17, 15) is 29.4 Å². The Hall–Kier alpha value is -3.27. The van der Waals surface area contributed by atoms with E-state index in [0.717, 1.165) is 4.90 Å². The fraction of sp³-hybridized carbons (Fsp3) is 0.407. The predicted molar refractivity (Wildman–Crippen MR) is 135 cm³/mol. The van der Waals surface area contributed by atoms with Crippen molar-refractivity contribution in [1.82, 2.24) is 10.2 Å². The fourth-order valence-corrected chi connectivity index (χ4v) is 6.04. The number of fused-ring (bicyclic) bond motifs is 1. The number of carboxylic acids is 2. The van der Waals surface area contributed by atoms with Gasteiger partial charge < -0.3 is 20.3 Å². The monoisotopic (exact) mass is 528 g/mol. The van der Waals surface area contributed by atoms with Gasteiger partial charge in [-0.3, -0.25) is 24.1 Å². The normalized spacial score (nSPS) is 27.3. The zero-order valence-electron chi connectivity index (χ0n) is 20.6. The van der Waals surface area contributed by atoms with Crippen molar-refractivity contribution in [3.8, 4) is 0 Å². The highest BCUT2D eigenvalue weighted by molar-refractivity contribution is 6.31. The van der Waals surface area contributed by atoms with Crippen LogP contribution in [0.4, 0.5) is 0 Å². The number of hydrogen-bond acceptors (Lipinski definition) is 6. The van der Waals surface area contributed by atoms with Crippen molar-refractivity contribution in [2.75, 3.05) is 26.3 Å². The first-order valence-corrected chi connectivity index (χ1v) is 12.4. The third-order valence-corrected chi connectivity index (χ3v) is 8.14. The molecule has 2 aliphatic rings. The van der Waals surface area contributed by atoms with Crippen molar-refractivity contribution >= 4 is 35.4 Å². The molecule has 3 N–H and O–H groups in total. The number of benzene rings is 2. The molecule has 37 heavy (non-hydrogen) atoms. The maximum absolute atomic E-state index is 12.9. The standard InChI is InChI=1S/C27H29ClN2O7/c1-3-27(25(35)36)20(14-37-13-12-30-22(31)16-8-4-5-9-17(16)23(30)32)29-15-26(2,24(33)34)21(27)18-10-6-7-11-19(18)28/h4-11,20-21,29H,3,12-15H2,1-2H3,(H,33,34)(H,35,36)/t20-,21-,26+,27+/m0/s1. The van der Waals surface area contributed by atoms with Gasteiger partial charge in [0.25, 0.3) is 11.8 Å². The number of carboxylic acid groups (broad SMARTS) is 2. The number of hydrogen-bond donors (Lipinski definition) is 3. The highest BCUT2D eigenvalue weighted by atomic mass is 35.5. The minimum absolute atomic E-state index is 0.000311. The summed E-state index contributed by atoms with van der Waals surface area (Å²) in [5.41, 5.74) is -1.89. The van der Waals surface area contributed by atoms with Crippen molar-refractivity contribution in [2.45, 2.75) is 32.2 Å². The average Bonchev–Trinajstić information content (AvgIpc) is 3.12. The van der Waals surface area contributed by atoms with Gasteiger partial charge in [0.15, 0.2) is 0 Å². The van der Waals surface area contributed by atoms with E-state index in [1.165, 1.54) is 6.92 Å². The number of nitrogens with one attached hydrogen (secondary N) is 1. The maximum Gasteiger partial charge on any atom is 0.311 e. The first-order chi connectivity index (χ1) is 17.6. The topological polar surface area (TPSA) is 133 Å². The van der Waals surface area contributed by atoms with Crippen molar-refractivity contribution in [1.29, 1.82) is 0 Å². The van der Waals surface area contributed by atoms with Gasteiger partial charge in [-0.1, -0.05) is 48.9 Å². The van der Waals surface area contributed by atoms with Gasteiger partial charge in [0.05, 0.1) is 41.7 Å². The molecule has 2 aliphatic heterocycles. The van der Waals surface area contributed by atoms with Gasteiger partial charge in [0.1, 0.15) is 0 Å². The predicted octanol–water partition coefficient (Wildman–Crippen LogP) is 3.28. The molecule has 0 bridgehead atoms. The quantitative estimate of drug-likeness (QED) is 0.333. The Balaban J connectivity index is 1.57. The maximum atomic E-state index is 12.9. The molecule has 1 saturated heterocycles. The molecular weight excluding hydrogens is 500 g/mol. The summed E-state index contributed by atoms with van der Waals surface area (Å²) in [7, 11) is 0. The summed E-state index contributed by atoms with van der Waals surface area (Å²) in [6, 6.07) is 12.5. The van der Waals surface area contributed by atoms with E-state index in [2.05, 4.69) is 5.32 Å². The van der Waals surface area contributed by atoms with Crippen molar-refractivity contribution < 1.29 is 34.1 Å². The zero-order valence-corrected chi connectivity index (χ0v) is 21.3. The van der Waals surface area contributed by atoms with Gasteiger partial charge in [0.2, 0.25) is 0 Å². The molecule has 0 aromatic heterocycles. The third-order valence-electron chi connectivity index (χ3n) is 7.80. The van der Waals surface area contributed by atoms with Gasteiger partial charge in [-0.2, -0.15) is 0 Å². The number of piperidine rings is 1. The molecule has 4 rings (SSSR count). The second kappa shape index (κ2) is 10.2. The van der Waals surface area contributed by atoms with E-state index >= 15 is 0 Å². The van der Waals surface area contributed by atoms with Crippen LogP contribution in [0.25, 0.3) is 0 Å². The van der Waals surface area contributed by atoms with E-state index in [0.29, 0.717) is 21.7 Å². The van der Waals surface area contributed by atoms with Crippen LogP contribution >= 0.6 is 11.6 Å². The van der Waals surface area contributed by atoms with Gasteiger partial charge in [0, 0.05) is 23.5 Å². The van der Waals surface area contributed by atoms with Crippen molar-refractivity contribution in [3.05, 3.63) is 70.2 Å². The molecule has 0 unspecified atom stereocenters. The Morgan fingerprint density at radius 1 is 1.05 bits per heavy atom. The van der Waals surface area contributed by atoms with Crippen molar-refractivity contribution in [2.24, 2.45) is 10.8 Å². The lowest BCUT2D eigenvalue weighted by atomic mass is 9.53. The number of carbonyl (C=O) groups excluding carboxylic acids is 2. The zero-order chi connectivity index (χ0) is 27.0. The van der Waals surface area contributed by atoms with Gasteiger partial charge in [-0.05, 0) is 37.1 Å². The average molecular weight is 529 g/mol. The lowest BCUT2D eigenvalue weighted by Crippen LogP contribution is -2.67. The van der Waals surface area contributed by atoms with Gasteiger partial charge in [-0.15, -0.1) is 0 Å². The Morgan fingerprint density at radius 3 is 2.19 bits per heavy atom. The highest BCUT2D eigenvalue weighted by Gasteiger charge is 2.63. The van der Waals surface area contributed by atoms with Crippen LogP contribution in [0, 0.1) is 10.8 Å². The molecule has 2 heterocycles. The van der Waals surface area contributed by atoms with Crippen molar-refractivity contribution in [3.63, 3.8) is 0 Å². The number of halogens is 1. The summed E-state index contributed by atoms with van der Waals surface area (Å²) in [6.45, 7) is 3.17. The summed E-state index contributed by atoms with van der Waals surface area (Å²) in [4.78, 5) is 51.7. The molecule has 2 amide bonds. The van der Waals surface area contributed by atoms with Crippen LogP contribution in [0.3, 0.4) is 0 Å². The molecule has 2 aromatic rings. The lowest BCUT2D eigenvalue weighted by Gasteiger charge is -2.53. The molecule has 0 aliphatic carbocycles. The molecule has 1 fully saturated rings. The Morgan fingerprint density at radius 2 is 1.65 bits per heavy atom. The first-order valence-electron chi connectivity index (χ1n) is 12.1. The largest absolute Gasteiger partial charge is 0.481 e. The van der Waals surface area contributed by atoms with Crippen LogP contribution in [0.5, 0.6) is 0 Å². The van der Waals surface area contributed by atoms with Crippen LogP contribution in [0.2, 0.25) is 5.02 Å². The third kappa shape index (κ3) is 4.31. The van der Waals surface area contributed by atoms with E-state index in [-0.39, 0.29) is 32.7 Å². The summed E-state index contributed by atoms with van der Waals surface area (Å²) in [5, 5.41) is 24.2. The number of ether oxygens (including phenoxy) is 1. The minimum atomic E-state index is -1.56. The molecule has 0 spiro atoms. The molecule has 0 radical (unpaired) electrons. The minimum Gasteiger partial charge on any atom is -0.481 e. The number of amides is 2. The van der Waals surface area contributed by atoms with Gasteiger partial charge in [-0.25, -0.2) is 0 Å². The first kappa shape index (κ1) is 26.8. The SMILES string of the molecule is CC[C@@]1(C(=O)O)[C@H](COCCN2C(=O)c3ccccc3C2=O)NC[C@@](C)(C(=O)O)[C@@H]1c1ccccc1Cl. The fourth-order valence-electron chi connectivity index (χ4n) is 5.80. The number of carbonyl (C=O) groups is 4. The highest BCUT2D eigenvalue weighted by Crippen LogP contribution is 2.56. The molecular formula is C27H29ClN2O7. The number of imide groups is 1. The number of nitrogens with zero attached hydrogens (tertiary/aromatic N) is 1. The summed E-state index contributed by atoms with van der Waals surface area (Å²) in [5.74, 6) is -4.05. The van der Waals surface area contributed by atoms with E-state index < -0.39 is 46.5 Å². The smallest absolute Gasteiger partial charge is 0.311 e. The van der Waals surface area contributed by atoms with E-state index in [1.807, 2.05) is 0 Å². The number of rotatable bonds is 9. The summed E-state index contributed by atoms with van der Waals surface area (Å²) >= 11 is 6.48. The Kier molecular flexibility index (Phi) is 7.41. The van der Waals surface area contributed by atoms with E-state index in [1.54, 1.807) is 55.5 Å². The Bertz CT molecular complexity index is 1220. The molecule has 10 heteroatoms. The molecule has 2 aromatic carbocycles. The lowest BCUT2D eigenvalue weighted by molar-refractivity contribution is -0.170. The van der Waals surface area contributed by atoms with Crippen LogP contribution < -0.4 is 5.32 Å². The molecule has 4 atom stereocenters. The molecule has 9 nitrogen and oxygen atoms in total. The van der Waals surface area contributed by atoms with Crippen LogP contribution in [0.1, 0.15) is 52.5 Å². The van der Waals surface area contributed by atoms with Crippen LogP contribution in [-0.4, -0.2) is 71.2 Å². The van der Waals surface area contributed by atoms with E-state index in [4.69, 9.17) is 16.3 Å². The molecule has 196 valence electrons. The van der Waals surface area contributed by atoms with Crippen LogP contribution in [0.15, 0.2) is 48.5 Å². The second-order valence-corrected chi connectivity index (χ2v) is 10.1. The summed E-state index contributed by atoms with van der Waals surface area (Å²) < 4.78 is 5.83. The van der Waals surface area contributed by atoms with Crippen LogP contribution in [-0.2, 0) is 14.3 Å². The summed E-state index contributed by atoms with van der Waals surface area (Å²) in [6.07, 6.45) is 0.112. The molecule has 0 saturated carbocycles. The second-order valence-electron chi connectivity index (χ2n) is 9.69. The van der Waals surface area contributed by atoms with Gasteiger partial charge >= 0.3 is 11.9 Å². The Labute approximate surface area is 219 Å². The number of aliphatic carboxylic acids is 2.